The molecule has 0 aliphatic carbocycles. The lowest BCUT2D eigenvalue weighted by Crippen LogP contribution is -2.03. The van der Waals surface area contributed by atoms with Crippen molar-refractivity contribution in [1.82, 2.24) is 14.5 Å². The molecule has 0 aliphatic rings. The van der Waals surface area contributed by atoms with E-state index in [2.05, 4.69) is 69.3 Å². The normalized spacial score (nSPS) is 11.7. The van der Waals surface area contributed by atoms with E-state index in [4.69, 9.17) is 19.4 Å². The van der Waals surface area contributed by atoms with E-state index in [1.54, 1.807) is 0 Å². The van der Waals surface area contributed by atoms with E-state index in [-0.39, 0.29) is 0 Å². The molecule has 5 nitrogen and oxygen atoms in total. The van der Waals surface area contributed by atoms with Crippen LogP contribution in [0.1, 0.15) is 52.9 Å². The van der Waals surface area contributed by atoms with Crippen LogP contribution in [0.5, 0.6) is 11.5 Å². The van der Waals surface area contributed by atoms with Gasteiger partial charge in [0.2, 0.25) is 0 Å². The lowest BCUT2D eigenvalue weighted by atomic mass is 10.2. The first-order valence-electron chi connectivity index (χ1n) is 11.5. The molecule has 0 saturated heterocycles. The zero-order valence-corrected chi connectivity index (χ0v) is 22.1. The molecular formula is C25H29Br2N3O2. The Balaban J connectivity index is 1.96. The Kier molecular flexibility index (Phi) is 7.56. The second-order valence-electron chi connectivity index (χ2n) is 8.02. The number of fused-ring (bicyclic) bond motifs is 4. The summed E-state index contributed by atoms with van der Waals surface area (Å²) in [5.41, 5.74) is 4.60. The van der Waals surface area contributed by atoms with E-state index in [1.165, 1.54) is 12.8 Å². The Bertz CT molecular complexity index is 1250. The van der Waals surface area contributed by atoms with Gasteiger partial charge in [-0.1, -0.05) is 49.5 Å². The molecule has 170 valence electrons. The van der Waals surface area contributed by atoms with E-state index in [9.17, 15) is 0 Å². The maximum absolute atomic E-state index is 5.99. The highest BCUT2D eigenvalue weighted by atomic mass is 79.9. The van der Waals surface area contributed by atoms with Crippen molar-refractivity contribution in [3.8, 4) is 11.5 Å². The summed E-state index contributed by atoms with van der Waals surface area (Å²) >= 11 is 7.42. The minimum Gasteiger partial charge on any atom is -0.490 e. The number of nitrogens with zero attached hydrogens (tertiary/aromatic N) is 3. The maximum atomic E-state index is 5.99. The van der Waals surface area contributed by atoms with Crippen molar-refractivity contribution in [2.75, 3.05) is 13.2 Å². The van der Waals surface area contributed by atoms with Crippen LogP contribution in [-0.4, -0.2) is 27.7 Å². The van der Waals surface area contributed by atoms with Crippen LogP contribution in [0.25, 0.3) is 33.1 Å². The third-order valence-corrected chi connectivity index (χ3v) is 6.49. The van der Waals surface area contributed by atoms with Crippen molar-refractivity contribution in [2.24, 2.45) is 0 Å². The summed E-state index contributed by atoms with van der Waals surface area (Å²) in [5, 5.41) is 1.09. The number of ether oxygens (including phenoxy) is 2. The van der Waals surface area contributed by atoms with Crippen LogP contribution >= 0.6 is 31.9 Å². The van der Waals surface area contributed by atoms with Crippen molar-refractivity contribution in [2.45, 2.75) is 59.4 Å². The minimum absolute atomic E-state index is 0.639. The molecule has 4 rings (SSSR count). The number of unbranched alkanes of at least 4 members (excludes halogenated alkanes) is 2. The van der Waals surface area contributed by atoms with Gasteiger partial charge >= 0.3 is 0 Å². The van der Waals surface area contributed by atoms with Crippen molar-refractivity contribution in [1.29, 1.82) is 0 Å². The molecular weight excluding hydrogens is 534 g/mol. The summed E-state index contributed by atoms with van der Waals surface area (Å²) in [5.74, 6) is 1.47. The van der Waals surface area contributed by atoms with E-state index in [0.29, 0.717) is 13.2 Å². The number of rotatable bonds is 10. The largest absolute Gasteiger partial charge is 0.490 e. The molecule has 0 amide bonds. The van der Waals surface area contributed by atoms with E-state index >= 15 is 0 Å². The zero-order chi connectivity index (χ0) is 22.7. The molecule has 0 radical (unpaired) electrons. The monoisotopic (exact) mass is 561 g/mol. The van der Waals surface area contributed by atoms with Gasteiger partial charge in [-0.05, 0) is 47.3 Å². The highest BCUT2D eigenvalue weighted by Crippen LogP contribution is 2.38. The van der Waals surface area contributed by atoms with Gasteiger partial charge in [-0.2, -0.15) is 0 Å². The van der Waals surface area contributed by atoms with Crippen molar-refractivity contribution < 1.29 is 9.47 Å². The van der Waals surface area contributed by atoms with Crippen LogP contribution in [0.15, 0.2) is 33.2 Å². The first-order valence-corrected chi connectivity index (χ1v) is 13.0. The van der Waals surface area contributed by atoms with Crippen molar-refractivity contribution >= 4 is 65.0 Å². The number of aryl methyl sites for hydroxylation is 1. The number of halogens is 2. The maximum Gasteiger partial charge on any atom is 0.163 e. The van der Waals surface area contributed by atoms with Crippen LogP contribution in [0.3, 0.4) is 0 Å². The minimum atomic E-state index is 0.639. The molecule has 0 bridgehead atoms. The van der Waals surface area contributed by atoms with Gasteiger partial charge in [-0.3, -0.25) is 0 Å². The van der Waals surface area contributed by atoms with Crippen LogP contribution in [-0.2, 0) is 6.54 Å². The Labute approximate surface area is 205 Å². The number of hydrogen-bond acceptors (Lipinski definition) is 4. The topological polar surface area (TPSA) is 49.2 Å². The second-order valence-corrected chi connectivity index (χ2v) is 9.79. The Morgan fingerprint density at radius 1 is 0.812 bits per heavy atom. The summed E-state index contributed by atoms with van der Waals surface area (Å²) in [6.07, 6.45) is 5.33. The SMILES string of the molecule is CCCCCn1c2nc3cc(OCCC)c(OCCC)cc3nc2c2cc(Br)cc(Br)c21. The fourth-order valence-corrected chi connectivity index (χ4v) is 5.38. The first-order chi connectivity index (χ1) is 15.6. The summed E-state index contributed by atoms with van der Waals surface area (Å²) in [6, 6.07) is 8.16. The lowest BCUT2D eigenvalue weighted by molar-refractivity contribution is 0.269. The van der Waals surface area contributed by atoms with Gasteiger partial charge in [0.15, 0.2) is 17.1 Å². The van der Waals surface area contributed by atoms with Crippen LogP contribution in [0, 0.1) is 0 Å². The average Bonchev–Trinajstić information content (AvgIpc) is 3.07. The quantitative estimate of drug-likeness (QED) is 0.183. The van der Waals surface area contributed by atoms with Gasteiger partial charge < -0.3 is 14.0 Å². The third kappa shape index (κ3) is 4.60. The highest BCUT2D eigenvalue weighted by Gasteiger charge is 2.19. The Morgan fingerprint density at radius 2 is 1.47 bits per heavy atom. The van der Waals surface area contributed by atoms with Crippen LogP contribution < -0.4 is 9.47 Å². The van der Waals surface area contributed by atoms with Gasteiger partial charge in [0.25, 0.3) is 0 Å². The van der Waals surface area contributed by atoms with Crippen LogP contribution in [0.2, 0.25) is 0 Å². The molecule has 7 heteroatoms. The molecule has 0 saturated carbocycles. The smallest absolute Gasteiger partial charge is 0.163 e. The van der Waals surface area contributed by atoms with E-state index in [1.807, 2.05) is 12.1 Å². The molecule has 0 atom stereocenters. The van der Waals surface area contributed by atoms with E-state index in [0.717, 1.165) is 79.4 Å². The van der Waals surface area contributed by atoms with Gasteiger partial charge in [0.05, 0.1) is 29.8 Å². The third-order valence-electron chi connectivity index (χ3n) is 5.43. The molecule has 0 spiro atoms. The summed E-state index contributed by atoms with van der Waals surface area (Å²) in [4.78, 5) is 10.1. The van der Waals surface area contributed by atoms with Crippen LogP contribution in [0.4, 0.5) is 0 Å². The van der Waals surface area contributed by atoms with Gasteiger partial charge in [0, 0.05) is 33.0 Å². The second kappa shape index (κ2) is 10.4. The standard InChI is InChI=1S/C25H29Br2N3O2/c1-4-7-8-9-30-24-17(12-16(26)13-18(24)27)23-25(30)29-20-15-22(32-11-6-3)21(31-10-5-2)14-19(20)28-23/h12-15H,4-11H2,1-3H3. The summed E-state index contributed by atoms with van der Waals surface area (Å²) < 4.78 is 16.3. The molecule has 0 fully saturated rings. The highest BCUT2D eigenvalue weighted by molar-refractivity contribution is 9.11. The fraction of sp³-hybridized carbons (Fsp3) is 0.440. The number of aromatic nitrogens is 3. The molecule has 0 aliphatic heterocycles. The lowest BCUT2D eigenvalue weighted by Gasteiger charge is -2.13. The summed E-state index contributed by atoms with van der Waals surface area (Å²) in [6.45, 7) is 8.61. The van der Waals surface area contributed by atoms with Gasteiger partial charge in [-0.25, -0.2) is 9.97 Å². The molecule has 0 unspecified atom stereocenters. The summed E-state index contributed by atoms with van der Waals surface area (Å²) in [7, 11) is 0. The van der Waals surface area contributed by atoms with Crippen molar-refractivity contribution in [3.63, 3.8) is 0 Å². The van der Waals surface area contributed by atoms with E-state index < -0.39 is 0 Å². The zero-order valence-electron chi connectivity index (χ0n) is 18.9. The number of hydrogen-bond donors (Lipinski definition) is 0. The molecule has 4 aromatic rings. The van der Waals surface area contributed by atoms with Gasteiger partial charge in [-0.15, -0.1) is 0 Å². The van der Waals surface area contributed by atoms with Crippen molar-refractivity contribution in [3.05, 3.63) is 33.2 Å². The Morgan fingerprint density at radius 3 is 2.09 bits per heavy atom. The number of benzene rings is 2. The predicted molar refractivity (Wildman–Crippen MR) is 139 cm³/mol. The fourth-order valence-electron chi connectivity index (χ4n) is 3.94. The Hall–Kier alpha value is -1.86. The predicted octanol–water partition coefficient (Wildman–Crippen LogP) is 8.03. The molecule has 32 heavy (non-hydrogen) atoms. The first kappa shape index (κ1) is 23.3. The molecule has 2 aromatic heterocycles. The molecule has 2 heterocycles. The van der Waals surface area contributed by atoms with Gasteiger partial charge in [0.1, 0.15) is 5.52 Å². The average molecular weight is 563 g/mol. The molecule has 0 N–H and O–H groups in total. The molecule has 2 aromatic carbocycles.